The van der Waals surface area contributed by atoms with E-state index in [1.807, 2.05) is 24.3 Å². The van der Waals surface area contributed by atoms with E-state index < -0.39 is 0 Å². The summed E-state index contributed by atoms with van der Waals surface area (Å²) in [7, 11) is 4.14. The van der Waals surface area contributed by atoms with Crippen LogP contribution >= 0.6 is 11.6 Å². The standard InChI is InChI=1S/C25H25ClN2O2/c1-27(2)15-18-3-7-20(8-4-18)21-9-5-19(6-10-21)16-28-17-24(30-25(28)29)22-11-13-23(26)14-12-22/h3-14,24H,15-17H2,1-2H3/t24-/m0/s1. The van der Waals surface area contributed by atoms with Crippen LogP contribution in [0.2, 0.25) is 5.02 Å². The lowest BCUT2D eigenvalue weighted by atomic mass is 10.0. The number of nitrogens with zero attached hydrogens (tertiary/aromatic N) is 2. The molecule has 4 rings (SSSR count). The molecule has 0 bridgehead atoms. The summed E-state index contributed by atoms with van der Waals surface area (Å²) in [6.45, 7) is 2.00. The number of benzene rings is 3. The molecule has 30 heavy (non-hydrogen) atoms. The molecule has 1 amide bonds. The number of rotatable bonds is 6. The molecule has 1 aliphatic rings. The van der Waals surface area contributed by atoms with Crippen molar-refractivity contribution in [2.75, 3.05) is 20.6 Å². The largest absolute Gasteiger partial charge is 0.439 e. The summed E-state index contributed by atoms with van der Waals surface area (Å²) < 4.78 is 5.54. The first kappa shape index (κ1) is 20.5. The average Bonchev–Trinajstić information content (AvgIpc) is 3.09. The summed E-state index contributed by atoms with van der Waals surface area (Å²) in [6.07, 6.45) is -0.537. The number of ether oxygens (including phenoxy) is 1. The number of hydrogen-bond acceptors (Lipinski definition) is 3. The van der Waals surface area contributed by atoms with Crippen molar-refractivity contribution in [3.8, 4) is 11.1 Å². The normalized spacial score (nSPS) is 16.2. The van der Waals surface area contributed by atoms with Gasteiger partial charge in [-0.25, -0.2) is 4.79 Å². The zero-order valence-electron chi connectivity index (χ0n) is 17.2. The Morgan fingerprint density at radius 2 is 1.47 bits per heavy atom. The van der Waals surface area contributed by atoms with Gasteiger partial charge in [-0.05, 0) is 54.0 Å². The van der Waals surface area contributed by atoms with Crippen LogP contribution in [0.4, 0.5) is 4.79 Å². The monoisotopic (exact) mass is 420 g/mol. The number of cyclic esters (lactones) is 1. The van der Waals surface area contributed by atoms with Crippen LogP contribution in [0.15, 0.2) is 72.8 Å². The maximum atomic E-state index is 12.3. The summed E-state index contributed by atoms with van der Waals surface area (Å²) >= 11 is 5.95. The predicted molar refractivity (Wildman–Crippen MR) is 120 cm³/mol. The van der Waals surface area contributed by atoms with Gasteiger partial charge in [-0.1, -0.05) is 72.3 Å². The predicted octanol–water partition coefficient (Wildman–Crippen LogP) is 5.76. The van der Waals surface area contributed by atoms with Crippen molar-refractivity contribution in [3.63, 3.8) is 0 Å². The van der Waals surface area contributed by atoms with Crippen LogP contribution in [0.1, 0.15) is 22.8 Å². The van der Waals surface area contributed by atoms with Crippen LogP contribution in [-0.2, 0) is 17.8 Å². The molecule has 1 fully saturated rings. The van der Waals surface area contributed by atoms with E-state index in [1.54, 1.807) is 4.90 Å². The van der Waals surface area contributed by atoms with E-state index in [4.69, 9.17) is 16.3 Å². The number of hydrogen-bond donors (Lipinski definition) is 0. The molecule has 0 aliphatic carbocycles. The molecule has 1 heterocycles. The van der Waals surface area contributed by atoms with Crippen LogP contribution in [0.25, 0.3) is 11.1 Å². The molecule has 0 unspecified atom stereocenters. The van der Waals surface area contributed by atoms with Crippen LogP contribution in [0.3, 0.4) is 0 Å². The lowest BCUT2D eigenvalue weighted by molar-refractivity contribution is 0.132. The molecule has 0 saturated carbocycles. The highest BCUT2D eigenvalue weighted by Crippen LogP contribution is 2.28. The highest BCUT2D eigenvalue weighted by Gasteiger charge is 2.32. The van der Waals surface area contributed by atoms with E-state index in [-0.39, 0.29) is 12.2 Å². The van der Waals surface area contributed by atoms with E-state index in [1.165, 1.54) is 11.1 Å². The van der Waals surface area contributed by atoms with Crippen molar-refractivity contribution < 1.29 is 9.53 Å². The molecule has 1 aliphatic heterocycles. The fourth-order valence-corrected chi connectivity index (χ4v) is 3.80. The fraction of sp³-hybridized carbons (Fsp3) is 0.240. The first-order valence-corrected chi connectivity index (χ1v) is 10.4. The highest BCUT2D eigenvalue weighted by atomic mass is 35.5. The Kier molecular flexibility index (Phi) is 6.07. The lowest BCUT2D eigenvalue weighted by Gasteiger charge is -2.14. The molecule has 5 heteroatoms. The molecule has 0 N–H and O–H groups in total. The number of halogens is 1. The summed E-state index contributed by atoms with van der Waals surface area (Å²) in [6, 6.07) is 24.5. The van der Waals surface area contributed by atoms with E-state index in [9.17, 15) is 4.79 Å². The maximum Gasteiger partial charge on any atom is 0.410 e. The molecular weight excluding hydrogens is 396 g/mol. The number of carbonyl (C=O) groups is 1. The van der Waals surface area contributed by atoms with E-state index >= 15 is 0 Å². The zero-order chi connectivity index (χ0) is 21.1. The van der Waals surface area contributed by atoms with Gasteiger partial charge in [-0.3, -0.25) is 4.90 Å². The summed E-state index contributed by atoms with van der Waals surface area (Å²) in [5.74, 6) is 0. The summed E-state index contributed by atoms with van der Waals surface area (Å²) in [4.78, 5) is 16.2. The molecule has 3 aromatic rings. The third-order valence-electron chi connectivity index (χ3n) is 5.24. The Morgan fingerprint density at radius 1 is 0.900 bits per heavy atom. The van der Waals surface area contributed by atoms with Gasteiger partial charge in [0, 0.05) is 18.1 Å². The molecule has 0 radical (unpaired) electrons. The quantitative estimate of drug-likeness (QED) is 0.508. The molecule has 0 spiro atoms. The van der Waals surface area contributed by atoms with Crippen molar-refractivity contribution in [2.24, 2.45) is 0 Å². The molecular formula is C25H25ClN2O2. The number of amides is 1. The minimum absolute atomic E-state index is 0.255. The SMILES string of the molecule is CN(C)Cc1ccc(-c2ccc(CN3C[C@@H](c4ccc(Cl)cc4)OC3=O)cc2)cc1. The van der Waals surface area contributed by atoms with Crippen molar-refractivity contribution in [2.45, 2.75) is 19.2 Å². The van der Waals surface area contributed by atoms with Gasteiger partial charge in [0.15, 0.2) is 0 Å². The summed E-state index contributed by atoms with van der Waals surface area (Å²) in [5.41, 5.74) is 5.69. The van der Waals surface area contributed by atoms with Gasteiger partial charge >= 0.3 is 6.09 Å². The second kappa shape index (κ2) is 8.90. The maximum absolute atomic E-state index is 12.3. The zero-order valence-corrected chi connectivity index (χ0v) is 18.0. The van der Waals surface area contributed by atoms with Crippen LogP contribution in [0, 0.1) is 0 Å². The van der Waals surface area contributed by atoms with Gasteiger partial charge in [0.2, 0.25) is 0 Å². The molecule has 1 atom stereocenters. The Balaban J connectivity index is 1.40. The smallest absolute Gasteiger partial charge is 0.410 e. The first-order valence-electron chi connectivity index (χ1n) is 10.0. The minimum atomic E-state index is -0.282. The van der Waals surface area contributed by atoms with Crippen LogP contribution in [-0.4, -0.2) is 36.5 Å². The van der Waals surface area contributed by atoms with E-state index in [0.29, 0.717) is 18.1 Å². The molecule has 1 saturated heterocycles. The topological polar surface area (TPSA) is 32.8 Å². The van der Waals surface area contributed by atoms with Crippen molar-refractivity contribution in [3.05, 3.63) is 94.5 Å². The second-order valence-corrected chi connectivity index (χ2v) is 8.37. The Morgan fingerprint density at radius 3 is 2.03 bits per heavy atom. The van der Waals surface area contributed by atoms with Gasteiger partial charge < -0.3 is 9.64 Å². The van der Waals surface area contributed by atoms with E-state index in [0.717, 1.165) is 23.2 Å². The molecule has 4 nitrogen and oxygen atoms in total. The van der Waals surface area contributed by atoms with Crippen LogP contribution in [0.5, 0.6) is 0 Å². The van der Waals surface area contributed by atoms with Crippen molar-refractivity contribution in [1.29, 1.82) is 0 Å². The van der Waals surface area contributed by atoms with Gasteiger partial charge in [0.05, 0.1) is 6.54 Å². The minimum Gasteiger partial charge on any atom is -0.439 e. The third-order valence-corrected chi connectivity index (χ3v) is 5.49. The fourth-order valence-electron chi connectivity index (χ4n) is 3.68. The second-order valence-electron chi connectivity index (χ2n) is 7.94. The van der Waals surface area contributed by atoms with Crippen LogP contribution < -0.4 is 0 Å². The van der Waals surface area contributed by atoms with Crippen molar-refractivity contribution >= 4 is 17.7 Å². The third kappa shape index (κ3) is 4.84. The molecule has 154 valence electrons. The lowest BCUT2D eigenvalue weighted by Crippen LogP contribution is -2.23. The number of carbonyl (C=O) groups excluding carboxylic acids is 1. The van der Waals surface area contributed by atoms with Gasteiger partial charge in [-0.15, -0.1) is 0 Å². The molecule has 3 aromatic carbocycles. The Labute approximate surface area is 182 Å². The average molecular weight is 421 g/mol. The van der Waals surface area contributed by atoms with Crippen molar-refractivity contribution in [1.82, 2.24) is 9.80 Å². The van der Waals surface area contributed by atoms with Gasteiger partial charge in [0.1, 0.15) is 6.10 Å². The van der Waals surface area contributed by atoms with Gasteiger partial charge in [0.25, 0.3) is 0 Å². The highest BCUT2D eigenvalue weighted by molar-refractivity contribution is 6.30. The summed E-state index contributed by atoms with van der Waals surface area (Å²) in [5, 5.41) is 0.673. The first-order chi connectivity index (χ1) is 14.5. The Bertz CT molecular complexity index is 999. The van der Waals surface area contributed by atoms with E-state index in [2.05, 4.69) is 67.5 Å². The molecule has 0 aromatic heterocycles. The Hall–Kier alpha value is -2.82. The van der Waals surface area contributed by atoms with Gasteiger partial charge in [-0.2, -0.15) is 0 Å².